The van der Waals surface area contributed by atoms with E-state index in [-0.39, 0.29) is 5.91 Å². The fraction of sp³-hybridized carbons (Fsp3) is 0.708. The Morgan fingerprint density at radius 1 is 0.867 bits per heavy atom. The van der Waals surface area contributed by atoms with Crippen molar-refractivity contribution in [1.82, 2.24) is 14.7 Å². The van der Waals surface area contributed by atoms with Crippen LogP contribution in [-0.4, -0.2) is 99.3 Å². The molecule has 6 heteroatoms. The van der Waals surface area contributed by atoms with Crippen LogP contribution in [-0.2, 0) is 11.2 Å². The van der Waals surface area contributed by atoms with Crippen LogP contribution in [0.25, 0.3) is 0 Å². The molecule has 1 amide bonds. The summed E-state index contributed by atoms with van der Waals surface area (Å²) in [4.78, 5) is 22.8. The number of rotatable bonds is 6. The van der Waals surface area contributed by atoms with E-state index in [1.54, 1.807) is 0 Å². The molecule has 5 rings (SSSR count). The Balaban J connectivity index is 1.08. The number of likely N-dealkylation sites (tertiary alicyclic amines) is 1. The average Bonchev–Trinajstić information content (AvgIpc) is 3.16. The monoisotopic (exact) mass is 412 g/mol. The molecule has 0 spiro atoms. The second-order valence-corrected chi connectivity index (χ2v) is 9.37. The van der Waals surface area contributed by atoms with E-state index < -0.39 is 0 Å². The molecule has 0 bridgehead atoms. The molecule has 1 aromatic carbocycles. The quantitative estimate of drug-likeness (QED) is 0.714. The number of amides is 1. The SMILES string of the molecule is O=C1c2cccc3c2N(CC3)CCN1CCN1CCC(CCN2CCOCC2)CC1. The summed E-state index contributed by atoms with van der Waals surface area (Å²) in [6.07, 6.45) is 5.01. The second-order valence-electron chi connectivity index (χ2n) is 9.37. The molecule has 164 valence electrons. The number of hydrogen-bond donors (Lipinski definition) is 0. The lowest BCUT2D eigenvalue weighted by molar-refractivity contribution is 0.0334. The summed E-state index contributed by atoms with van der Waals surface area (Å²) < 4.78 is 5.45. The molecule has 0 aliphatic carbocycles. The lowest BCUT2D eigenvalue weighted by Crippen LogP contribution is -2.43. The van der Waals surface area contributed by atoms with Gasteiger partial charge in [-0.25, -0.2) is 0 Å². The van der Waals surface area contributed by atoms with Gasteiger partial charge in [-0.15, -0.1) is 0 Å². The van der Waals surface area contributed by atoms with E-state index in [2.05, 4.69) is 31.7 Å². The molecule has 0 aromatic heterocycles. The molecule has 4 aliphatic heterocycles. The molecule has 2 fully saturated rings. The van der Waals surface area contributed by atoms with Gasteiger partial charge in [-0.2, -0.15) is 0 Å². The number of anilines is 1. The van der Waals surface area contributed by atoms with E-state index in [1.807, 2.05) is 6.07 Å². The summed E-state index contributed by atoms with van der Waals surface area (Å²) >= 11 is 0. The van der Waals surface area contributed by atoms with Crippen molar-refractivity contribution in [3.05, 3.63) is 29.3 Å². The standard InChI is InChI=1S/C24H36N4O2/c29-24-22-3-1-2-21-7-11-27(23(21)22)14-15-28(24)13-12-25-8-4-20(5-9-25)6-10-26-16-18-30-19-17-26/h1-3,20H,4-19H2. The van der Waals surface area contributed by atoms with Crippen molar-refractivity contribution in [1.29, 1.82) is 0 Å². The molecule has 0 atom stereocenters. The van der Waals surface area contributed by atoms with E-state index in [0.29, 0.717) is 0 Å². The van der Waals surface area contributed by atoms with Gasteiger partial charge in [0.2, 0.25) is 0 Å². The molecule has 0 N–H and O–H groups in total. The molecule has 1 aromatic rings. The predicted octanol–water partition coefficient (Wildman–Crippen LogP) is 1.94. The average molecular weight is 413 g/mol. The fourth-order valence-corrected chi connectivity index (χ4v) is 5.61. The van der Waals surface area contributed by atoms with Crippen LogP contribution < -0.4 is 4.90 Å². The maximum Gasteiger partial charge on any atom is 0.256 e. The molecule has 4 aliphatic rings. The summed E-state index contributed by atoms with van der Waals surface area (Å²) in [5, 5.41) is 0. The number of morpholine rings is 1. The third kappa shape index (κ3) is 4.36. The van der Waals surface area contributed by atoms with Gasteiger partial charge in [-0.3, -0.25) is 9.69 Å². The molecule has 0 radical (unpaired) electrons. The van der Waals surface area contributed by atoms with Gasteiger partial charge in [0, 0.05) is 45.8 Å². The Morgan fingerprint density at radius 2 is 1.67 bits per heavy atom. The summed E-state index contributed by atoms with van der Waals surface area (Å²) in [5.41, 5.74) is 3.48. The highest BCUT2D eigenvalue weighted by atomic mass is 16.5. The highest BCUT2D eigenvalue weighted by molar-refractivity contribution is 6.01. The van der Waals surface area contributed by atoms with Crippen LogP contribution in [0.15, 0.2) is 18.2 Å². The minimum absolute atomic E-state index is 0.233. The van der Waals surface area contributed by atoms with Crippen molar-refractivity contribution < 1.29 is 9.53 Å². The maximum absolute atomic E-state index is 13.2. The first-order valence-electron chi connectivity index (χ1n) is 12.0. The van der Waals surface area contributed by atoms with Crippen LogP contribution in [0.4, 0.5) is 5.69 Å². The van der Waals surface area contributed by atoms with E-state index in [1.165, 1.54) is 50.1 Å². The molecule has 0 unspecified atom stereocenters. The Kier molecular flexibility index (Phi) is 6.25. The highest BCUT2D eigenvalue weighted by Gasteiger charge is 2.31. The first-order valence-corrected chi connectivity index (χ1v) is 12.0. The third-order valence-electron chi connectivity index (χ3n) is 7.59. The van der Waals surface area contributed by atoms with E-state index >= 15 is 0 Å². The van der Waals surface area contributed by atoms with Crippen LogP contribution >= 0.6 is 0 Å². The number of nitrogens with zero attached hydrogens (tertiary/aromatic N) is 4. The van der Waals surface area contributed by atoms with Crippen molar-refractivity contribution in [2.75, 3.05) is 83.6 Å². The summed E-state index contributed by atoms with van der Waals surface area (Å²) in [7, 11) is 0. The van der Waals surface area contributed by atoms with Crippen LogP contribution in [0.3, 0.4) is 0 Å². The van der Waals surface area contributed by atoms with Gasteiger partial charge in [0.25, 0.3) is 5.91 Å². The predicted molar refractivity (Wildman–Crippen MR) is 119 cm³/mol. The van der Waals surface area contributed by atoms with Gasteiger partial charge >= 0.3 is 0 Å². The number of carbonyl (C=O) groups is 1. The minimum atomic E-state index is 0.233. The minimum Gasteiger partial charge on any atom is -0.379 e. The van der Waals surface area contributed by atoms with Crippen molar-refractivity contribution in [3.8, 4) is 0 Å². The van der Waals surface area contributed by atoms with Gasteiger partial charge in [0.1, 0.15) is 0 Å². The van der Waals surface area contributed by atoms with Gasteiger partial charge in [-0.05, 0) is 62.9 Å². The lowest BCUT2D eigenvalue weighted by atomic mass is 9.93. The summed E-state index contributed by atoms with van der Waals surface area (Å²) in [6, 6.07) is 6.27. The number of hydrogen-bond acceptors (Lipinski definition) is 5. The van der Waals surface area contributed by atoms with Gasteiger partial charge in [0.05, 0.1) is 24.5 Å². The number of ether oxygens (including phenoxy) is 1. The van der Waals surface area contributed by atoms with Crippen molar-refractivity contribution in [2.24, 2.45) is 5.92 Å². The number of carbonyl (C=O) groups excluding carboxylic acids is 1. The number of benzene rings is 1. The van der Waals surface area contributed by atoms with Crippen molar-refractivity contribution in [3.63, 3.8) is 0 Å². The largest absolute Gasteiger partial charge is 0.379 e. The molecular formula is C24H36N4O2. The second kappa shape index (κ2) is 9.25. The lowest BCUT2D eigenvalue weighted by Gasteiger charge is -2.35. The highest BCUT2D eigenvalue weighted by Crippen LogP contribution is 2.34. The number of piperidine rings is 1. The van der Waals surface area contributed by atoms with Crippen LogP contribution in [0.5, 0.6) is 0 Å². The zero-order chi connectivity index (χ0) is 20.3. The summed E-state index contributed by atoms with van der Waals surface area (Å²) in [5.74, 6) is 1.09. The Labute approximate surface area is 180 Å². The molecule has 30 heavy (non-hydrogen) atoms. The van der Waals surface area contributed by atoms with Crippen LogP contribution in [0.1, 0.15) is 35.2 Å². The van der Waals surface area contributed by atoms with Crippen LogP contribution in [0, 0.1) is 5.92 Å². The van der Waals surface area contributed by atoms with Gasteiger partial charge in [-0.1, -0.05) is 12.1 Å². The van der Waals surface area contributed by atoms with Crippen molar-refractivity contribution in [2.45, 2.75) is 25.7 Å². The third-order valence-corrected chi connectivity index (χ3v) is 7.59. The zero-order valence-electron chi connectivity index (χ0n) is 18.2. The smallest absolute Gasteiger partial charge is 0.256 e. The zero-order valence-corrected chi connectivity index (χ0v) is 18.2. The van der Waals surface area contributed by atoms with Crippen LogP contribution in [0.2, 0.25) is 0 Å². The Bertz CT molecular complexity index is 741. The number of para-hydroxylation sites is 1. The Hall–Kier alpha value is -1.63. The normalized spacial score (nSPS) is 23.7. The van der Waals surface area contributed by atoms with Gasteiger partial charge < -0.3 is 19.4 Å². The Morgan fingerprint density at radius 3 is 2.50 bits per heavy atom. The molecule has 4 heterocycles. The van der Waals surface area contributed by atoms with E-state index in [4.69, 9.17) is 4.74 Å². The molecule has 0 saturated carbocycles. The van der Waals surface area contributed by atoms with E-state index in [9.17, 15) is 4.79 Å². The first kappa shape index (κ1) is 20.3. The van der Waals surface area contributed by atoms with Gasteiger partial charge in [0.15, 0.2) is 0 Å². The molecular weight excluding hydrogens is 376 g/mol. The first-order chi connectivity index (χ1) is 14.8. The van der Waals surface area contributed by atoms with E-state index in [0.717, 1.165) is 76.9 Å². The summed E-state index contributed by atoms with van der Waals surface area (Å²) in [6.45, 7) is 12.4. The van der Waals surface area contributed by atoms with Crippen molar-refractivity contribution >= 4 is 11.6 Å². The molecule has 2 saturated heterocycles. The molecule has 6 nitrogen and oxygen atoms in total. The maximum atomic E-state index is 13.2. The topological polar surface area (TPSA) is 39.3 Å². The fourth-order valence-electron chi connectivity index (χ4n) is 5.61.